The van der Waals surface area contributed by atoms with E-state index in [9.17, 15) is 8.42 Å². The normalized spacial score (nSPS) is 14.2. The lowest BCUT2D eigenvalue weighted by Crippen LogP contribution is -2.05. The molecular weight excluding hydrogens is 210 g/mol. The summed E-state index contributed by atoms with van der Waals surface area (Å²) in [6.45, 7) is 6.38. The van der Waals surface area contributed by atoms with E-state index in [2.05, 4.69) is 25.8 Å². The molecule has 0 bridgehead atoms. The Morgan fingerprint density at radius 3 is 2.13 bits per heavy atom. The van der Waals surface area contributed by atoms with Crippen molar-refractivity contribution >= 4 is 9.84 Å². The third kappa shape index (κ3) is 3.02. The minimum absolute atomic E-state index is 0.141. The monoisotopic (exact) mass is 227 g/mol. The van der Waals surface area contributed by atoms with Crippen molar-refractivity contribution in [2.75, 3.05) is 6.26 Å². The molecule has 0 aromatic carbocycles. The molecule has 3 nitrogen and oxygen atoms in total. The Hall–Kier alpha value is -0.900. The Kier molecular flexibility index (Phi) is 3.50. The second-order valence-electron chi connectivity index (χ2n) is 4.23. The topological polar surface area (TPSA) is 47.0 Å². The summed E-state index contributed by atoms with van der Waals surface area (Å²) < 4.78 is 22.4. The van der Waals surface area contributed by atoms with Crippen LogP contribution >= 0.6 is 0 Å². The molecule has 0 N–H and O–H groups in total. The van der Waals surface area contributed by atoms with E-state index in [1.807, 2.05) is 6.07 Å². The molecule has 15 heavy (non-hydrogen) atoms. The number of hydrogen-bond donors (Lipinski definition) is 0. The molecule has 1 aromatic rings. The van der Waals surface area contributed by atoms with Crippen LogP contribution in [0.5, 0.6) is 0 Å². The van der Waals surface area contributed by atoms with Crippen LogP contribution in [0.1, 0.15) is 32.3 Å². The summed E-state index contributed by atoms with van der Waals surface area (Å²) in [5.74, 6) is 0.919. The average molecular weight is 227 g/mol. The van der Waals surface area contributed by atoms with Crippen molar-refractivity contribution in [3.8, 4) is 0 Å². The summed E-state index contributed by atoms with van der Waals surface area (Å²) in [7, 11) is -3.18. The smallest absolute Gasteiger partial charge is 0.192 e. The molecule has 1 rings (SSSR count). The number of pyridine rings is 1. The fourth-order valence-electron chi connectivity index (χ4n) is 1.27. The standard InChI is InChI=1S/C11H17NO2S/c1-8(2)9(3)10-5-6-11(12-7-10)15(4,13)14/h5-9H,1-4H3. The highest BCUT2D eigenvalue weighted by atomic mass is 32.2. The van der Waals surface area contributed by atoms with Gasteiger partial charge in [-0.2, -0.15) is 0 Å². The van der Waals surface area contributed by atoms with Crippen LogP contribution in [-0.2, 0) is 9.84 Å². The highest BCUT2D eigenvalue weighted by Gasteiger charge is 2.12. The molecule has 0 aliphatic heterocycles. The molecule has 0 aliphatic rings. The van der Waals surface area contributed by atoms with Crippen LogP contribution in [-0.4, -0.2) is 19.7 Å². The minimum Gasteiger partial charge on any atom is -0.244 e. The molecule has 1 unspecified atom stereocenters. The average Bonchev–Trinajstić information content (AvgIpc) is 2.15. The Labute approximate surface area is 91.5 Å². The van der Waals surface area contributed by atoms with E-state index in [4.69, 9.17) is 0 Å². The zero-order valence-electron chi connectivity index (χ0n) is 9.56. The lowest BCUT2D eigenvalue weighted by atomic mass is 9.92. The van der Waals surface area contributed by atoms with E-state index < -0.39 is 9.84 Å². The zero-order chi connectivity index (χ0) is 11.6. The van der Waals surface area contributed by atoms with Gasteiger partial charge in [0.15, 0.2) is 14.9 Å². The number of sulfone groups is 1. The number of nitrogens with zero attached hydrogens (tertiary/aromatic N) is 1. The summed E-state index contributed by atoms with van der Waals surface area (Å²) >= 11 is 0. The van der Waals surface area contributed by atoms with Crippen LogP contribution in [0.4, 0.5) is 0 Å². The van der Waals surface area contributed by atoms with Crippen molar-refractivity contribution in [1.82, 2.24) is 4.98 Å². The van der Waals surface area contributed by atoms with E-state index in [-0.39, 0.29) is 5.03 Å². The van der Waals surface area contributed by atoms with Gasteiger partial charge in [0, 0.05) is 12.5 Å². The second-order valence-corrected chi connectivity index (χ2v) is 6.20. The van der Waals surface area contributed by atoms with E-state index in [1.54, 1.807) is 12.3 Å². The van der Waals surface area contributed by atoms with Crippen LogP contribution in [0, 0.1) is 5.92 Å². The Morgan fingerprint density at radius 2 is 1.80 bits per heavy atom. The van der Waals surface area contributed by atoms with Gasteiger partial charge in [-0.05, 0) is 23.5 Å². The molecule has 0 fully saturated rings. The summed E-state index contributed by atoms with van der Waals surface area (Å²) in [4.78, 5) is 3.97. The fourth-order valence-corrected chi connectivity index (χ4v) is 1.82. The summed E-state index contributed by atoms with van der Waals surface area (Å²) in [5.41, 5.74) is 1.08. The summed E-state index contributed by atoms with van der Waals surface area (Å²) in [5, 5.41) is 0.141. The van der Waals surface area contributed by atoms with Crippen LogP contribution in [0.3, 0.4) is 0 Å². The molecule has 0 aliphatic carbocycles. The maximum atomic E-state index is 11.2. The second kappa shape index (κ2) is 4.31. The van der Waals surface area contributed by atoms with E-state index >= 15 is 0 Å². The van der Waals surface area contributed by atoms with Crippen LogP contribution < -0.4 is 0 Å². The maximum absolute atomic E-state index is 11.2. The summed E-state index contributed by atoms with van der Waals surface area (Å²) in [6.07, 6.45) is 2.82. The van der Waals surface area contributed by atoms with E-state index in [0.717, 1.165) is 5.56 Å². The highest BCUT2D eigenvalue weighted by Crippen LogP contribution is 2.23. The van der Waals surface area contributed by atoms with Gasteiger partial charge in [0.1, 0.15) is 0 Å². The molecule has 0 saturated heterocycles. The van der Waals surface area contributed by atoms with Crippen LogP contribution in [0.15, 0.2) is 23.4 Å². The van der Waals surface area contributed by atoms with Crippen molar-refractivity contribution in [3.05, 3.63) is 23.9 Å². The first kappa shape index (κ1) is 12.2. The molecule has 4 heteroatoms. The first-order valence-electron chi connectivity index (χ1n) is 4.98. The van der Waals surface area contributed by atoms with Crippen LogP contribution in [0.2, 0.25) is 0 Å². The molecule has 1 aromatic heterocycles. The van der Waals surface area contributed by atoms with E-state index in [1.165, 1.54) is 6.26 Å². The summed E-state index contributed by atoms with van der Waals surface area (Å²) in [6, 6.07) is 3.41. The largest absolute Gasteiger partial charge is 0.244 e. The van der Waals surface area contributed by atoms with Crippen molar-refractivity contribution in [1.29, 1.82) is 0 Å². The van der Waals surface area contributed by atoms with Gasteiger partial charge < -0.3 is 0 Å². The molecule has 0 saturated carbocycles. The Balaban J connectivity index is 3.01. The van der Waals surface area contributed by atoms with Gasteiger partial charge in [-0.3, -0.25) is 0 Å². The van der Waals surface area contributed by atoms with Crippen molar-refractivity contribution in [2.24, 2.45) is 5.92 Å². The molecule has 0 spiro atoms. The van der Waals surface area contributed by atoms with Crippen LogP contribution in [0.25, 0.3) is 0 Å². The third-order valence-corrected chi connectivity index (χ3v) is 3.67. The minimum atomic E-state index is -3.18. The van der Waals surface area contributed by atoms with Gasteiger partial charge in [-0.25, -0.2) is 13.4 Å². The van der Waals surface area contributed by atoms with Crippen molar-refractivity contribution in [3.63, 3.8) is 0 Å². The van der Waals surface area contributed by atoms with E-state index in [0.29, 0.717) is 11.8 Å². The van der Waals surface area contributed by atoms with Crippen molar-refractivity contribution < 1.29 is 8.42 Å². The van der Waals surface area contributed by atoms with Gasteiger partial charge in [0.2, 0.25) is 0 Å². The number of rotatable bonds is 3. The molecule has 84 valence electrons. The zero-order valence-corrected chi connectivity index (χ0v) is 10.4. The SMILES string of the molecule is CC(C)C(C)c1ccc(S(C)(=O)=O)nc1. The first-order chi connectivity index (χ1) is 6.82. The lowest BCUT2D eigenvalue weighted by molar-refractivity contribution is 0.532. The number of hydrogen-bond acceptors (Lipinski definition) is 3. The molecule has 1 heterocycles. The maximum Gasteiger partial charge on any atom is 0.192 e. The predicted molar refractivity (Wildman–Crippen MR) is 60.6 cm³/mol. The molecule has 1 atom stereocenters. The van der Waals surface area contributed by atoms with Gasteiger partial charge in [0.25, 0.3) is 0 Å². The molecular formula is C11H17NO2S. The predicted octanol–water partition coefficient (Wildman–Crippen LogP) is 2.24. The molecule has 0 amide bonds. The van der Waals surface area contributed by atoms with Gasteiger partial charge in [-0.15, -0.1) is 0 Å². The lowest BCUT2D eigenvalue weighted by Gasteiger charge is -2.15. The van der Waals surface area contributed by atoms with Gasteiger partial charge >= 0.3 is 0 Å². The van der Waals surface area contributed by atoms with Crippen molar-refractivity contribution in [2.45, 2.75) is 31.7 Å². The first-order valence-corrected chi connectivity index (χ1v) is 6.87. The molecule has 0 radical (unpaired) electrons. The van der Waals surface area contributed by atoms with Gasteiger partial charge in [0.05, 0.1) is 0 Å². The fraction of sp³-hybridized carbons (Fsp3) is 0.545. The third-order valence-electron chi connectivity index (χ3n) is 2.66. The Bertz CT molecular complexity index is 420. The Morgan fingerprint density at radius 1 is 1.20 bits per heavy atom. The van der Waals surface area contributed by atoms with Gasteiger partial charge in [-0.1, -0.05) is 26.8 Å². The quantitative estimate of drug-likeness (QED) is 0.795. The number of aromatic nitrogens is 1. The highest BCUT2D eigenvalue weighted by molar-refractivity contribution is 7.90.